The highest BCUT2D eigenvalue weighted by Crippen LogP contribution is 2.40. The van der Waals surface area contributed by atoms with Crippen LogP contribution in [0.2, 0.25) is 10.0 Å². The number of hydrogen-bond donors (Lipinski definition) is 3. The Hall–Kier alpha value is -4.22. The Bertz CT molecular complexity index is 1710. The molecule has 0 unspecified atom stereocenters. The summed E-state index contributed by atoms with van der Waals surface area (Å²) in [5.74, 6) is -1.05. The predicted molar refractivity (Wildman–Crippen MR) is 141 cm³/mol. The van der Waals surface area contributed by atoms with Gasteiger partial charge in [0.25, 0.3) is 4.92 Å². The van der Waals surface area contributed by atoms with Crippen LogP contribution >= 0.6 is 23.2 Å². The maximum absolute atomic E-state index is 14.8. The first kappa shape index (κ1) is 27.4. The highest BCUT2D eigenvalue weighted by atomic mass is 35.5. The number of anilines is 1. The highest BCUT2D eigenvalue weighted by Gasteiger charge is 2.40. The van der Waals surface area contributed by atoms with Crippen molar-refractivity contribution in [3.8, 4) is 0 Å². The summed E-state index contributed by atoms with van der Waals surface area (Å²) in [4.78, 5) is 22.9. The Kier molecular flexibility index (Phi) is 7.11. The lowest BCUT2D eigenvalue weighted by Crippen LogP contribution is -2.40. The van der Waals surface area contributed by atoms with Gasteiger partial charge in [0.1, 0.15) is 16.4 Å². The molecule has 2 heterocycles. The fourth-order valence-corrected chi connectivity index (χ4v) is 4.82. The van der Waals surface area contributed by atoms with E-state index in [2.05, 4.69) is 20.3 Å². The summed E-state index contributed by atoms with van der Waals surface area (Å²) in [5, 5.41) is 12.7. The first-order chi connectivity index (χ1) is 18.9. The number of hydrogen-bond acceptors (Lipinski definition) is 4. The van der Waals surface area contributed by atoms with E-state index in [1.807, 2.05) is 0 Å². The second-order valence-electron chi connectivity index (χ2n) is 8.96. The number of benzene rings is 3. The molecular formula is C27H18Cl2F4N5O2+. The molecule has 0 aliphatic rings. The van der Waals surface area contributed by atoms with Gasteiger partial charge in [0.15, 0.2) is 0 Å². The van der Waals surface area contributed by atoms with Gasteiger partial charge in [-0.15, -0.1) is 0 Å². The monoisotopic (exact) mass is 590 g/mol. The number of nitrogens with one attached hydrogen (secondary N) is 2. The molecule has 7 nitrogen and oxygen atoms in total. The summed E-state index contributed by atoms with van der Waals surface area (Å²) in [6.45, 7) is 0. The van der Waals surface area contributed by atoms with Crippen LogP contribution in [0.1, 0.15) is 22.4 Å². The number of H-pyrrole nitrogens is 1. The van der Waals surface area contributed by atoms with Gasteiger partial charge < -0.3 is 10.3 Å². The van der Waals surface area contributed by atoms with Crippen molar-refractivity contribution >= 4 is 45.9 Å². The minimum atomic E-state index is -4.83. The smallest absolute Gasteiger partial charge is 0.340 e. The molecule has 0 spiro atoms. The van der Waals surface area contributed by atoms with E-state index in [-0.39, 0.29) is 50.4 Å². The standard InChI is InChI=1S/C27H18Cl2F4N5O2/c28-18-6-7-24(34-14-18)26(13-15-4-2-1-3-5-15,16-8-17(27(31,32)33)10-19(30)9-16)37-25-35-21-11-20(29)23(38(39)40)12-22(21)36-25/h1-12,14H,13H2,(H,39,40)(H2,35,36,37)/q+1/t26-/m1/s1. The van der Waals surface area contributed by atoms with Crippen molar-refractivity contribution in [2.75, 3.05) is 5.32 Å². The third-order valence-corrected chi connectivity index (χ3v) is 6.81. The molecule has 3 aromatic carbocycles. The van der Waals surface area contributed by atoms with Crippen molar-refractivity contribution in [2.45, 2.75) is 18.1 Å². The predicted octanol–water partition coefficient (Wildman–Crippen LogP) is 7.82. The quantitative estimate of drug-likeness (QED) is 0.133. The van der Waals surface area contributed by atoms with Gasteiger partial charge in [-0.3, -0.25) is 4.98 Å². The Morgan fingerprint density at radius 2 is 1.70 bits per heavy atom. The van der Waals surface area contributed by atoms with E-state index >= 15 is 0 Å². The Balaban J connectivity index is 1.77. The van der Waals surface area contributed by atoms with Crippen LogP contribution in [0.4, 0.5) is 29.2 Å². The molecule has 0 bridgehead atoms. The second kappa shape index (κ2) is 10.4. The maximum atomic E-state index is 14.8. The molecule has 0 radical (unpaired) electrons. The Labute approximate surface area is 233 Å². The summed E-state index contributed by atoms with van der Waals surface area (Å²) >= 11 is 12.2. The molecule has 0 aliphatic carbocycles. The van der Waals surface area contributed by atoms with Crippen molar-refractivity contribution in [3.05, 3.63) is 122 Å². The van der Waals surface area contributed by atoms with Crippen LogP contribution in [0.15, 0.2) is 79.0 Å². The first-order valence-electron chi connectivity index (χ1n) is 11.6. The number of rotatable bonds is 7. The highest BCUT2D eigenvalue weighted by molar-refractivity contribution is 6.33. The lowest BCUT2D eigenvalue weighted by Gasteiger charge is -2.35. The number of pyridine rings is 1. The van der Waals surface area contributed by atoms with Gasteiger partial charge in [0.2, 0.25) is 5.95 Å². The van der Waals surface area contributed by atoms with Crippen LogP contribution in [0.3, 0.4) is 0 Å². The van der Waals surface area contributed by atoms with Crippen LogP contribution in [-0.2, 0) is 18.1 Å². The molecule has 3 N–H and O–H groups in total. The van der Waals surface area contributed by atoms with E-state index in [9.17, 15) is 27.7 Å². The number of nitrogens with zero attached hydrogens (tertiary/aromatic N) is 3. The number of halogens is 6. The zero-order chi connectivity index (χ0) is 28.7. The molecule has 0 aliphatic heterocycles. The number of fused-ring (bicyclic) bond motifs is 1. The summed E-state index contributed by atoms with van der Waals surface area (Å²) in [7, 11) is 0. The lowest BCUT2D eigenvalue weighted by molar-refractivity contribution is -0.729. The zero-order valence-electron chi connectivity index (χ0n) is 20.2. The van der Waals surface area contributed by atoms with Crippen LogP contribution < -0.4 is 5.32 Å². The van der Waals surface area contributed by atoms with E-state index in [1.54, 1.807) is 30.3 Å². The van der Waals surface area contributed by atoms with Gasteiger partial charge in [-0.25, -0.2) is 14.6 Å². The second-order valence-corrected chi connectivity index (χ2v) is 9.80. The molecule has 0 saturated carbocycles. The molecule has 5 aromatic rings. The molecule has 0 fully saturated rings. The van der Waals surface area contributed by atoms with E-state index in [0.29, 0.717) is 11.6 Å². The molecule has 0 saturated heterocycles. The van der Waals surface area contributed by atoms with E-state index < -0.39 is 28.0 Å². The molecule has 204 valence electrons. The van der Waals surface area contributed by atoms with Gasteiger partial charge in [0, 0.05) is 18.7 Å². The van der Waals surface area contributed by atoms with Crippen LogP contribution in [0, 0.1) is 10.7 Å². The third kappa shape index (κ3) is 5.43. The fraction of sp³-hybridized carbons (Fsp3) is 0.111. The van der Waals surface area contributed by atoms with Gasteiger partial charge in [-0.1, -0.05) is 53.5 Å². The molecule has 13 heteroatoms. The van der Waals surface area contributed by atoms with Crippen molar-refractivity contribution < 1.29 is 27.7 Å². The Morgan fingerprint density at radius 3 is 2.35 bits per heavy atom. The van der Waals surface area contributed by atoms with Crippen molar-refractivity contribution in [3.63, 3.8) is 0 Å². The topological polar surface area (TPSA) is 93.9 Å². The number of aromatic amines is 1. The average molecular weight is 591 g/mol. The van der Waals surface area contributed by atoms with E-state index in [1.165, 1.54) is 30.5 Å². The molecule has 2 aromatic heterocycles. The molecule has 40 heavy (non-hydrogen) atoms. The van der Waals surface area contributed by atoms with Gasteiger partial charge in [0.05, 0.1) is 32.2 Å². The SMILES string of the molecule is O=[N+](O)c1cc2[nH]c(N[C@](Cc3ccccc3)(c3cc(F)cc(C(F)(F)F)c3)c3ccc(Cl)cn3)nc2cc1Cl. The first-order valence-corrected chi connectivity index (χ1v) is 12.4. The normalized spacial score (nSPS) is 13.2. The lowest BCUT2D eigenvalue weighted by atomic mass is 9.80. The Morgan fingerprint density at radius 1 is 0.975 bits per heavy atom. The number of alkyl halides is 3. The summed E-state index contributed by atoms with van der Waals surface area (Å²) in [6.07, 6.45) is -3.49. The van der Waals surface area contributed by atoms with Crippen LogP contribution in [0.5, 0.6) is 0 Å². The van der Waals surface area contributed by atoms with Crippen molar-refractivity contribution in [2.24, 2.45) is 0 Å². The van der Waals surface area contributed by atoms with Gasteiger partial charge >= 0.3 is 11.9 Å². The minimum Gasteiger partial charge on any atom is -0.340 e. The molecule has 5 rings (SSSR count). The summed E-state index contributed by atoms with van der Waals surface area (Å²) in [5.41, 5.74) is -1.66. The van der Waals surface area contributed by atoms with Crippen LogP contribution in [-0.4, -0.2) is 25.1 Å². The summed E-state index contributed by atoms with van der Waals surface area (Å²) in [6, 6.07) is 16.7. The largest absolute Gasteiger partial charge is 0.416 e. The van der Waals surface area contributed by atoms with Crippen LogP contribution in [0.25, 0.3) is 11.0 Å². The van der Waals surface area contributed by atoms with Crippen molar-refractivity contribution in [1.29, 1.82) is 0 Å². The maximum Gasteiger partial charge on any atom is 0.416 e. The fourth-order valence-electron chi connectivity index (χ4n) is 4.48. The molecule has 0 amide bonds. The molecular weight excluding hydrogens is 573 g/mol. The third-order valence-electron chi connectivity index (χ3n) is 6.28. The van der Waals surface area contributed by atoms with Gasteiger partial charge in [-0.2, -0.15) is 13.2 Å². The van der Waals surface area contributed by atoms with E-state index in [0.717, 1.165) is 12.1 Å². The number of aromatic nitrogens is 3. The zero-order valence-corrected chi connectivity index (χ0v) is 21.7. The summed E-state index contributed by atoms with van der Waals surface area (Å²) < 4.78 is 56.3. The average Bonchev–Trinajstić information content (AvgIpc) is 3.28. The number of imidazole rings is 1. The van der Waals surface area contributed by atoms with E-state index in [4.69, 9.17) is 23.2 Å². The van der Waals surface area contributed by atoms with Gasteiger partial charge in [-0.05, 0) is 47.5 Å². The minimum absolute atomic E-state index is 0.0112. The molecule has 1 atom stereocenters. The van der Waals surface area contributed by atoms with Crippen molar-refractivity contribution in [1.82, 2.24) is 15.0 Å².